The molecule has 1 aliphatic rings. The minimum Gasteiger partial charge on any atom is -0.491 e. The number of rotatable bonds is 5. The summed E-state index contributed by atoms with van der Waals surface area (Å²) in [5.74, 6) is 1.04. The molecule has 1 heterocycles. The first-order chi connectivity index (χ1) is 8.81. The van der Waals surface area contributed by atoms with Crippen LogP contribution in [0.5, 0.6) is 5.75 Å². The van der Waals surface area contributed by atoms with Crippen molar-refractivity contribution in [3.05, 3.63) is 23.8 Å². The molecule has 0 aliphatic carbocycles. The number of benzene rings is 1. The fourth-order valence-corrected chi connectivity index (χ4v) is 2.23. The first kappa shape index (κ1) is 13.2. The van der Waals surface area contributed by atoms with Gasteiger partial charge >= 0.3 is 0 Å². The lowest BCUT2D eigenvalue weighted by Crippen LogP contribution is -2.43. The van der Waals surface area contributed by atoms with Crippen molar-refractivity contribution < 1.29 is 4.74 Å². The van der Waals surface area contributed by atoms with Crippen molar-refractivity contribution >= 4 is 5.69 Å². The van der Waals surface area contributed by atoms with E-state index in [4.69, 9.17) is 4.74 Å². The van der Waals surface area contributed by atoms with Crippen LogP contribution < -0.4 is 15.0 Å². The Morgan fingerprint density at radius 3 is 2.78 bits per heavy atom. The van der Waals surface area contributed by atoms with Crippen molar-refractivity contribution in [1.82, 2.24) is 5.32 Å². The highest BCUT2D eigenvalue weighted by Gasteiger charge is 2.15. The van der Waals surface area contributed by atoms with Crippen LogP contribution in [0.2, 0.25) is 0 Å². The topological polar surface area (TPSA) is 24.5 Å². The maximum Gasteiger partial charge on any atom is 0.142 e. The largest absolute Gasteiger partial charge is 0.491 e. The van der Waals surface area contributed by atoms with Crippen molar-refractivity contribution in [2.45, 2.75) is 26.7 Å². The summed E-state index contributed by atoms with van der Waals surface area (Å²) in [5, 5.41) is 3.39. The number of piperazine rings is 1. The molecule has 0 aromatic heterocycles. The Balaban J connectivity index is 2.11. The van der Waals surface area contributed by atoms with Gasteiger partial charge in [0.2, 0.25) is 0 Å². The minimum absolute atomic E-state index is 0.818. The molecule has 1 aliphatic heterocycles. The van der Waals surface area contributed by atoms with Gasteiger partial charge in [0.1, 0.15) is 5.75 Å². The van der Waals surface area contributed by atoms with Crippen LogP contribution in [0, 0.1) is 6.92 Å². The van der Waals surface area contributed by atoms with E-state index in [0.29, 0.717) is 0 Å². The van der Waals surface area contributed by atoms with Gasteiger partial charge in [-0.25, -0.2) is 0 Å². The van der Waals surface area contributed by atoms with E-state index in [9.17, 15) is 0 Å². The molecule has 100 valence electrons. The fraction of sp³-hybridized carbons (Fsp3) is 0.600. The standard InChI is InChI=1S/C15H24N2O/c1-3-4-11-18-15-6-5-13(2)12-14(15)17-9-7-16-8-10-17/h5-6,12,16H,3-4,7-11H2,1-2H3. The summed E-state index contributed by atoms with van der Waals surface area (Å²) in [4.78, 5) is 2.42. The molecule has 0 spiro atoms. The Morgan fingerprint density at radius 2 is 2.06 bits per heavy atom. The number of hydrogen-bond acceptors (Lipinski definition) is 3. The molecule has 1 aromatic carbocycles. The molecule has 0 amide bonds. The number of nitrogens with zero attached hydrogens (tertiary/aromatic N) is 1. The lowest BCUT2D eigenvalue weighted by Gasteiger charge is -2.31. The lowest BCUT2D eigenvalue weighted by atomic mass is 10.1. The van der Waals surface area contributed by atoms with Crippen LogP contribution in [0.4, 0.5) is 5.69 Å². The second kappa shape index (κ2) is 6.64. The fourth-order valence-electron chi connectivity index (χ4n) is 2.23. The van der Waals surface area contributed by atoms with Crippen molar-refractivity contribution in [1.29, 1.82) is 0 Å². The summed E-state index contributed by atoms with van der Waals surface area (Å²) in [7, 11) is 0. The highest BCUT2D eigenvalue weighted by Crippen LogP contribution is 2.30. The SMILES string of the molecule is CCCCOc1ccc(C)cc1N1CCNCC1. The zero-order valence-electron chi connectivity index (χ0n) is 11.5. The van der Waals surface area contributed by atoms with Crippen LogP contribution in [-0.2, 0) is 0 Å². The summed E-state index contributed by atoms with van der Waals surface area (Å²) in [6.07, 6.45) is 2.30. The number of aryl methyl sites for hydroxylation is 1. The van der Waals surface area contributed by atoms with Crippen molar-refractivity contribution in [2.75, 3.05) is 37.7 Å². The number of ether oxygens (including phenoxy) is 1. The Hall–Kier alpha value is -1.22. The maximum atomic E-state index is 5.92. The number of hydrogen-bond donors (Lipinski definition) is 1. The summed E-state index contributed by atoms with van der Waals surface area (Å²) < 4.78 is 5.92. The third-order valence-electron chi connectivity index (χ3n) is 3.33. The van der Waals surface area contributed by atoms with Gasteiger partial charge in [-0.1, -0.05) is 19.4 Å². The predicted molar refractivity (Wildman–Crippen MR) is 76.7 cm³/mol. The van der Waals surface area contributed by atoms with Gasteiger partial charge in [0.25, 0.3) is 0 Å². The molecule has 2 rings (SSSR count). The molecule has 0 radical (unpaired) electrons. The highest BCUT2D eigenvalue weighted by atomic mass is 16.5. The summed E-state index contributed by atoms with van der Waals surface area (Å²) in [6, 6.07) is 6.49. The maximum absolute atomic E-state index is 5.92. The van der Waals surface area contributed by atoms with E-state index in [2.05, 4.69) is 42.3 Å². The monoisotopic (exact) mass is 248 g/mol. The van der Waals surface area contributed by atoms with Gasteiger partial charge in [-0.2, -0.15) is 0 Å². The Morgan fingerprint density at radius 1 is 1.28 bits per heavy atom. The van der Waals surface area contributed by atoms with Crippen LogP contribution >= 0.6 is 0 Å². The molecule has 0 atom stereocenters. The highest BCUT2D eigenvalue weighted by molar-refractivity contribution is 5.60. The molecule has 18 heavy (non-hydrogen) atoms. The van der Waals surface area contributed by atoms with Crippen LogP contribution in [0.25, 0.3) is 0 Å². The summed E-state index contributed by atoms with van der Waals surface area (Å²) >= 11 is 0. The average Bonchev–Trinajstić information content (AvgIpc) is 2.41. The molecule has 1 saturated heterocycles. The van der Waals surface area contributed by atoms with Gasteiger partial charge in [-0.3, -0.25) is 0 Å². The van der Waals surface area contributed by atoms with E-state index in [0.717, 1.165) is 45.0 Å². The Labute approximate surface area is 110 Å². The van der Waals surface area contributed by atoms with E-state index in [1.807, 2.05) is 0 Å². The Kier molecular flexibility index (Phi) is 4.88. The molecule has 3 heteroatoms. The lowest BCUT2D eigenvalue weighted by molar-refractivity contribution is 0.309. The van der Waals surface area contributed by atoms with Crippen LogP contribution in [0.15, 0.2) is 18.2 Å². The Bertz CT molecular complexity index is 373. The second-order valence-electron chi connectivity index (χ2n) is 4.91. The first-order valence-electron chi connectivity index (χ1n) is 7.00. The predicted octanol–water partition coefficient (Wildman–Crippen LogP) is 2.58. The molecule has 1 fully saturated rings. The van der Waals surface area contributed by atoms with E-state index in [-0.39, 0.29) is 0 Å². The van der Waals surface area contributed by atoms with Gasteiger partial charge in [-0.15, -0.1) is 0 Å². The van der Waals surface area contributed by atoms with E-state index < -0.39 is 0 Å². The second-order valence-corrected chi connectivity index (χ2v) is 4.91. The molecule has 0 bridgehead atoms. The molecule has 0 unspecified atom stereocenters. The molecule has 3 nitrogen and oxygen atoms in total. The van der Waals surface area contributed by atoms with Crippen LogP contribution in [-0.4, -0.2) is 32.8 Å². The van der Waals surface area contributed by atoms with Gasteiger partial charge in [0.05, 0.1) is 12.3 Å². The zero-order chi connectivity index (χ0) is 12.8. The molecule has 1 N–H and O–H groups in total. The van der Waals surface area contributed by atoms with Gasteiger partial charge in [0.15, 0.2) is 0 Å². The smallest absolute Gasteiger partial charge is 0.142 e. The van der Waals surface area contributed by atoms with Crippen molar-refractivity contribution in [2.24, 2.45) is 0 Å². The quantitative estimate of drug-likeness (QED) is 0.811. The molecule has 1 aromatic rings. The van der Waals surface area contributed by atoms with Crippen molar-refractivity contribution in [3.63, 3.8) is 0 Å². The first-order valence-corrected chi connectivity index (χ1v) is 7.00. The van der Waals surface area contributed by atoms with E-state index in [1.54, 1.807) is 0 Å². The van der Waals surface area contributed by atoms with E-state index in [1.165, 1.54) is 17.7 Å². The van der Waals surface area contributed by atoms with Gasteiger partial charge in [0, 0.05) is 26.2 Å². The molecule has 0 saturated carbocycles. The molecular weight excluding hydrogens is 224 g/mol. The summed E-state index contributed by atoms with van der Waals surface area (Å²) in [5.41, 5.74) is 2.55. The van der Waals surface area contributed by atoms with Crippen LogP contribution in [0.1, 0.15) is 25.3 Å². The third kappa shape index (κ3) is 3.39. The van der Waals surface area contributed by atoms with Gasteiger partial charge in [-0.05, 0) is 31.0 Å². The third-order valence-corrected chi connectivity index (χ3v) is 3.33. The number of anilines is 1. The van der Waals surface area contributed by atoms with Crippen LogP contribution in [0.3, 0.4) is 0 Å². The van der Waals surface area contributed by atoms with Crippen molar-refractivity contribution in [3.8, 4) is 5.75 Å². The van der Waals surface area contributed by atoms with Gasteiger partial charge < -0.3 is 15.0 Å². The number of unbranched alkanes of at least 4 members (excludes halogenated alkanes) is 1. The minimum atomic E-state index is 0.818. The molecular formula is C15H24N2O. The number of nitrogens with one attached hydrogen (secondary N) is 1. The summed E-state index contributed by atoms with van der Waals surface area (Å²) in [6.45, 7) is 9.39. The zero-order valence-corrected chi connectivity index (χ0v) is 11.5. The van der Waals surface area contributed by atoms with E-state index >= 15 is 0 Å². The average molecular weight is 248 g/mol. The normalized spacial score (nSPS) is 15.8.